The largest absolute Gasteiger partial charge is 0.338 e. The molecule has 3 rings (SSSR count). The molecule has 0 fully saturated rings. The summed E-state index contributed by atoms with van der Waals surface area (Å²) in [7, 11) is 0. The van der Waals surface area contributed by atoms with Crippen molar-refractivity contribution in [2.45, 2.75) is 13.8 Å². The highest BCUT2D eigenvalue weighted by molar-refractivity contribution is 7.13. The molecule has 0 aliphatic carbocycles. The van der Waals surface area contributed by atoms with Gasteiger partial charge in [-0.1, -0.05) is 36.4 Å². The third kappa shape index (κ3) is 4.72. The number of amides is 3. The van der Waals surface area contributed by atoms with Crippen LogP contribution in [-0.4, -0.2) is 39.9 Å². The van der Waals surface area contributed by atoms with E-state index < -0.39 is 6.03 Å². The van der Waals surface area contributed by atoms with Crippen LogP contribution in [0.4, 0.5) is 16.4 Å². The van der Waals surface area contributed by atoms with Gasteiger partial charge in [-0.2, -0.15) is 0 Å². The van der Waals surface area contributed by atoms with Crippen molar-refractivity contribution in [2.75, 3.05) is 23.7 Å². The Morgan fingerprint density at radius 2 is 1.64 bits per heavy atom. The topological polar surface area (TPSA) is 87.2 Å². The first-order chi connectivity index (χ1) is 13.6. The Labute approximate surface area is 167 Å². The summed E-state index contributed by atoms with van der Waals surface area (Å²) in [5, 5.41) is 7.92. The van der Waals surface area contributed by atoms with Gasteiger partial charge in [0.2, 0.25) is 0 Å². The molecule has 0 atom stereocenters. The molecule has 8 heteroatoms. The number of aromatic nitrogens is 2. The molecular formula is C20H21N5O2S. The van der Waals surface area contributed by atoms with E-state index in [4.69, 9.17) is 0 Å². The number of nitrogens with zero attached hydrogens (tertiary/aromatic N) is 3. The zero-order valence-corrected chi connectivity index (χ0v) is 16.5. The van der Waals surface area contributed by atoms with Crippen LogP contribution in [0.3, 0.4) is 0 Å². The van der Waals surface area contributed by atoms with Gasteiger partial charge in [0.15, 0.2) is 0 Å². The van der Waals surface area contributed by atoms with Crippen molar-refractivity contribution in [2.24, 2.45) is 0 Å². The first-order valence-corrected chi connectivity index (χ1v) is 9.84. The molecule has 28 heavy (non-hydrogen) atoms. The molecule has 0 aliphatic rings. The molecule has 0 saturated carbocycles. The Morgan fingerprint density at radius 3 is 2.36 bits per heavy atom. The maximum absolute atomic E-state index is 12.4. The molecule has 3 aromatic rings. The van der Waals surface area contributed by atoms with Gasteiger partial charge >= 0.3 is 6.03 Å². The average molecular weight is 395 g/mol. The van der Waals surface area contributed by atoms with Crippen LogP contribution in [0.25, 0.3) is 10.6 Å². The number of carbonyl (C=O) groups is 2. The number of benzene rings is 1. The third-order valence-electron chi connectivity index (χ3n) is 4.03. The van der Waals surface area contributed by atoms with Crippen molar-refractivity contribution in [3.05, 3.63) is 59.6 Å². The van der Waals surface area contributed by atoms with Gasteiger partial charge in [0, 0.05) is 24.0 Å². The van der Waals surface area contributed by atoms with Gasteiger partial charge in [0.1, 0.15) is 22.3 Å². The third-order valence-corrected chi connectivity index (χ3v) is 4.92. The lowest BCUT2D eigenvalue weighted by atomic mass is 10.2. The molecule has 1 aromatic carbocycles. The van der Waals surface area contributed by atoms with Crippen LogP contribution in [0, 0.1) is 0 Å². The molecule has 0 radical (unpaired) electrons. The van der Waals surface area contributed by atoms with Crippen molar-refractivity contribution >= 4 is 34.9 Å². The molecule has 0 unspecified atom stereocenters. The minimum atomic E-state index is -0.468. The summed E-state index contributed by atoms with van der Waals surface area (Å²) in [5.74, 6) is 0.590. The summed E-state index contributed by atoms with van der Waals surface area (Å²) in [4.78, 5) is 35.0. The number of anilines is 2. The van der Waals surface area contributed by atoms with Crippen molar-refractivity contribution < 1.29 is 9.59 Å². The Morgan fingerprint density at radius 1 is 0.929 bits per heavy atom. The van der Waals surface area contributed by atoms with Crippen molar-refractivity contribution in [1.29, 1.82) is 0 Å². The van der Waals surface area contributed by atoms with Crippen LogP contribution in [0.5, 0.6) is 0 Å². The zero-order valence-electron chi connectivity index (χ0n) is 15.7. The lowest BCUT2D eigenvalue weighted by Crippen LogP contribution is -2.31. The predicted molar refractivity (Wildman–Crippen MR) is 112 cm³/mol. The molecule has 7 nitrogen and oxygen atoms in total. The highest BCUT2D eigenvalue weighted by atomic mass is 32.1. The Balaban J connectivity index is 1.65. The zero-order chi connectivity index (χ0) is 19.9. The van der Waals surface area contributed by atoms with Gasteiger partial charge < -0.3 is 4.90 Å². The van der Waals surface area contributed by atoms with E-state index in [1.54, 1.807) is 28.5 Å². The van der Waals surface area contributed by atoms with E-state index in [1.165, 1.54) is 11.3 Å². The van der Waals surface area contributed by atoms with Crippen LogP contribution in [0.1, 0.15) is 24.3 Å². The summed E-state index contributed by atoms with van der Waals surface area (Å²) in [6.07, 6.45) is 0. The maximum atomic E-state index is 12.4. The monoisotopic (exact) mass is 395 g/mol. The fourth-order valence-corrected chi connectivity index (χ4v) is 3.36. The number of nitrogens with one attached hydrogen (secondary N) is 2. The molecule has 0 saturated heterocycles. The van der Waals surface area contributed by atoms with Crippen molar-refractivity contribution in [1.82, 2.24) is 14.9 Å². The van der Waals surface area contributed by atoms with Crippen LogP contribution < -0.4 is 10.6 Å². The number of urea groups is 1. The second-order valence-electron chi connectivity index (χ2n) is 5.87. The van der Waals surface area contributed by atoms with E-state index in [-0.39, 0.29) is 5.91 Å². The lowest BCUT2D eigenvalue weighted by Gasteiger charge is -2.18. The summed E-state index contributed by atoms with van der Waals surface area (Å²) in [5.41, 5.74) is 1.28. The van der Waals surface area contributed by atoms with Crippen LogP contribution in [0.2, 0.25) is 0 Å². The molecule has 0 aliphatic heterocycles. The van der Waals surface area contributed by atoms with Gasteiger partial charge in [0.25, 0.3) is 5.91 Å². The molecule has 0 spiro atoms. The van der Waals surface area contributed by atoms with Gasteiger partial charge in [-0.25, -0.2) is 14.8 Å². The fraction of sp³-hybridized carbons (Fsp3) is 0.200. The SMILES string of the molecule is CCN(CC)C(=O)c1cccc(NC(=O)Nc2csc(-c3ccccc3)n2)n1. The summed E-state index contributed by atoms with van der Waals surface area (Å²) < 4.78 is 0. The number of pyridine rings is 1. The molecule has 0 bridgehead atoms. The Bertz CT molecular complexity index is 954. The second kappa shape index (κ2) is 9.09. The highest BCUT2D eigenvalue weighted by Gasteiger charge is 2.15. The van der Waals surface area contributed by atoms with Crippen LogP contribution in [-0.2, 0) is 0 Å². The fourth-order valence-electron chi connectivity index (χ4n) is 2.60. The minimum Gasteiger partial charge on any atom is -0.338 e. The summed E-state index contributed by atoms with van der Waals surface area (Å²) in [6.45, 7) is 5.02. The maximum Gasteiger partial charge on any atom is 0.326 e. The lowest BCUT2D eigenvalue weighted by molar-refractivity contribution is 0.0767. The van der Waals surface area contributed by atoms with Crippen LogP contribution in [0.15, 0.2) is 53.9 Å². The minimum absolute atomic E-state index is 0.166. The Kier molecular flexibility index (Phi) is 6.33. The van der Waals surface area contributed by atoms with E-state index in [2.05, 4.69) is 20.6 Å². The molecule has 2 heterocycles. The smallest absolute Gasteiger partial charge is 0.326 e. The second-order valence-corrected chi connectivity index (χ2v) is 6.73. The van der Waals surface area contributed by atoms with Gasteiger partial charge in [-0.05, 0) is 26.0 Å². The molecular weight excluding hydrogens is 374 g/mol. The first-order valence-electron chi connectivity index (χ1n) is 8.96. The molecule has 3 amide bonds. The molecule has 2 aromatic heterocycles. The van der Waals surface area contributed by atoms with E-state index in [1.807, 2.05) is 44.2 Å². The molecule has 2 N–H and O–H groups in total. The molecule has 144 valence electrons. The first kappa shape index (κ1) is 19.5. The normalized spacial score (nSPS) is 10.4. The quantitative estimate of drug-likeness (QED) is 0.650. The van der Waals surface area contributed by atoms with E-state index in [9.17, 15) is 9.59 Å². The summed E-state index contributed by atoms with van der Waals surface area (Å²) >= 11 is 1.45. The van der Waals surface area contributed by atoms with E-state index in [0.29, 0.717) is 30.4 Å². The van der Waals surface area contributed by atoms with E-state index in [0.717, 1.165) is 10.6 Å². The number of hydrogen-bond donors (Lipinski definition) is 2. The van der Waals surface area contributed by atoms with Gasteiger partial charge in [-0.15, -0.1) is 11.3 Å². The van der Waals surface area contributed by atoms with E-state index >= 15 is 0 Å². The van der Waals surface area contributed by atoms with Crippen molar-refractivity contribution in [3.63, 3.8) is 0 Å². The number of carbonyl (C=O) groups excluding carboxylic acids is 2. The van der Waals surface area contributed by atoms with Crippen LogP contribution >= 0.6 is 11.3 Å². The Hall–Kier alpha value is -3.26. The summed E-state index contributed by atoms with van der Waals surface area (Å²) in [6, 6.07) is 14.2. The number of thiazole rings is 1. The van der Waals surface area contributed by atoms with Gasteiger partial charge in [-0.3, -0.25) is 15.4 Å². The predicted octanol–water partition coefficient (Wildman–Crippen LogP) is 4.33. The highest BCUT2D eigenvalue weighted by Crippen LogP contribution is 2.25. The standard InChI is InChI=1S/C20H21N5O2S/c1-3-25(4-2)19(26)15-11-8-12-16(21-15)23-20(27)24-17-13-28-18(22-17)14-9-6-5-7-10-14/h5-13H,3-4H2,1-2H3,(H2,21,23,24,27). The average Bonchev–Trinajstić information content (AvgIpc) is 3.18. The number of rotatable bonds is 6. The van der Waals surface area contributed by atoms with Crippen molar-refractivity contribution in [3.8, 4) is 10.6 Å². The number of hydrogen-bond acceptors (Lipinski definition) is 5. The van der Waals surface area contributed by atoms with Gasteiger partial charge in [0.05, 0.1) is 0 Å².